The molecule has 0 aliphatic carbocycles. The first-order valence-corrected chi connectivity index (χ1v) is 8.76. The number of halogens is 4. The quantitative estimate of drug-likeness (QED) is 0.641. The summed E-state index contributed by atoms with van der Waals surface area (Å²) in [5.41, 5.74) is -3.94. The molecule has 5 nitrogen and oxygen atoms in total. The number of rotatable bonds is 4. The van der Waals surface area contributed by atoms with E-state index in [4.69, 9.17) is 5.26 Å². The van der Waals surface area contributed by atoms with Gasteiger partial charge in [-0.1, -0.05) is 0 Å². The van der Waals surface area contributed by atoms with Crippen LogP contribution < -0.4 is 9.62 Å². The number of nitrogens with one attached hydrogen (secondary N) is 1. The lowest BCUT2D eigenvalue weighted by atomic mass is 9.98. The summed E-state index contributed by atoms with van der Waals surface area (Å²) >= 11 is -0.241. The first kappa shape index (κ1) is 18.7. The van der Waals surface area contributed by atoms with Crippen LogP contribution in [0.25, 0.3) is 10.9 Å². The monoisotopic (exact) mass is 385 g/mol. The van der Waals surface area contributed by atoms with Gasteiger partial charge in [-0.05, 0) is 30.9 Å². The van der Waals surface area contributed by atoms with E-state index < -0.39 is 11.3 Å². The molecule has 1 aromatic heterocycles. The van der Waals surface area contributed by atoms with Crippen molar-refractivity contribution in [2.24, 2.45) is 5.92 Å². The average Bonchev–Trinajstić information content (AvgIpc) is 2.60. The van der Waals surface area contributed by atoms with Gasteiger partial charge < -0.3 is 4.90 Å². The van der Waals surface area contributed by atoms with Crippen LogP contribution in [0.4, 0.5) is 23.4 Å². The van der Waals surface area contributed by atoms with Crippen molar-refractivity contribution in [1.82, 2.24) is 14.7 Å². The maximum atomic E-state index is 14.0. The summed E-state index contributed by atoms with van der Waals surface area (Å²) in [7, 11) is 0. The number of fused-ring (bicyclic) bond motifs is 1. The SMILES string of the molecule is N#Cc1cc2ncnc(N3CCCC(CNSC(F)(F)F)C3)c2cc1F. The normalized spacial score (nSPS) is 18.1. The minimum atomic E-state index is -4.31. The Kier molecular flexibility index (Phi) is 5.48. The number of alkyl halides is 3. The molecule has 26 heavy (non-hydrogen) atoms. The van der Waals surface area contributed by atoms with E-state index in [1.54, 1.807) is 6.07 Å². The minimum absolute atomic E-state index is 0.0202. The molecule has 1 atom stereocenters. The van der Waals surface area contributed by atoms with Gasteiger partial charge in [-0.3, -0.25) is 4.72 Å². The van der Waals surface area contributed by atoms with Crippen LogP contribution >= 0.6 is 11.9 Å². The zero-order chi connectivity index (χ0) is 18.7. The summed E-state index contributed by atoms with van der Waals surface area (Å²) in [6, 6.07) is 4.39. The smallest absolute Gasteiger partial charge is 0.356 e. The van der Waals surface area contributed by atoms with Crippen molar-refractivity contribution in [1.29, 1.82) is 5.26 Å². The molecule has 1 aromatic carbocycles. The van der Waals surface area contributed by atoms with Crippen LogP contribution in [-0.2, 0) is 0 Å². The van der Waals surface area contributed by atoms with Crippen molar-refractivity contribution >= 4 is 28.7 Å². The summed E-state index contributed by atoms with van der Waals surface area (Å²) in [6.45, 7) is 1.41. The third-order valence-electron chi connectivity index (χ3n) is 4.20. The van der Waals surface area contributed by atoms with Crippen molar-refractivity contribution in [2.45, 2.75) is 18.3 Å². The third-order valence-corrected chi connectivity index (χ3v) is 4.74. The van der Waals surface area contributed by atoms with E-state index >= 15 is 0 Å². The molecule has 0 bridgehead atoms. The molecule has 0 amide bonds. The second-order valence-electron chi connectivity index (χ2n) is 6.01. The van der Waals surface area contributed by atoms with Gasteiger partial charge in [0.05, 0.1) is 11.1 Å². The number of benzene rings is 1. The Labute approximate surface area is 151 Å². The Morgan fingerprint density at radius 3 is 2.88 bits per heavy atom. The maximum absolute atomic E-state index is 14.0. The molecule has 2 heterocycles. The predicted octanol–water partition coefficient (Wildman–Crippen LogP) is 3.61. The molecular formula is C16H15F4N5S. The number of hydrogen-bond acceptors (Lipinski definition) is 6. The van der Waals surface area contributed by atoms with Crippen molar-refractivity contribution in [3.63, 3.8) is 0 Å². The van der Waals surface area contributed by atoms with Gasteiger partial charge in [0.1, 0.15) is 24.0 Å². The molecule has 1 saturated heterocycles. The first-order chi connectivity index (χ1) is 12.4. The van der Waals surface area contributed by atoms with Crippen LogP contribution in [0.2, 0.25) is 0 Å². The summed E-state index contributed by atoms with van der Waals surface area (Å²) in [6.07, 6.45) is 2.95. The van der Waals surface area contributed by atoms with Gasteiger partial charge in [0, 0.05) is 37.0 Å². The third kappa shape index (κ3) is 4.34. The molecule has 138 valence electrons. The van der Waals surface area contributed by atoms with Crippen LogP contribution in [0.5, 0.6) is 0 Å². The molecule has 1 aliphatic heterocycles. The average molecular weight is 385 g/mol. The van der Waals surface area contributed by atoms with E-state index in [0.717, 1.165) is 12.8 Å². The molecular weight excluding hydrogens is 370 g/mol. The molecule has 0 spiro atoms. The van der Waals surface area contributed by atoms with Crippen LogP contribution in [0.15, 0.2) is 18.5 Å². The Hall–Kier alpha value is -2.12. The summed E-state index contributed by atoms with van der Waals surface area (Å²) in [4.78, 5) is 10.3. The Balaban J connectivity index is 1.78. The number of nitriles is 1. The number of nitrogens with zero attached hydrogens (tertiary/aromatic N) is 4. The Bertz CT molecular complexity index is 836. The van der Waals surface area contributed by atoms with Gasteiger partial charge in [0.25, 0.3) is 0 Å². The van der Waals surface area contributed by atoms with E-state index in [1.807, 2.05) is 4.90 Å². The fourth-order valence-electron chi connectivity index (χ4n) is 3.07. The summed E-state index contributed by atoms with van der Waals surface area (Å²) in [5.74, 6) is -0.0914. The molecule has 1 fully saturated rings. The second-order valence-corrected chi connectivity index (χ2v) is 6.96. The van der Waals surface area contributed by atoms with Gasteiger partial charge in [-0.15, -0.1) is 0 Å². The standard InChI is InChI=1S/C16H15F4N5S/c17-13-5-12-14(4-11(13)6-21)22-9-23-15(12)25-3-1-2-10(8-25)7-24-26-16(18,19)20/h4-5,9-10,24H,1-3,7-8H2. The number of anilines is 1. The van der Waals surface area contributed by atoms with Gasteiger partial charge in [-0.25, -0.2) is 14.4 Å². The number of hydrogen-bond donors (Lipinski definition) is 1. The van der Waals surface area contributed by atoms with Crippen molar-refractivity contribution in [2.75, 3.05) is 24.5 Å². The predicted molar refractivity (Wildman–Crippen MR) is 90.8 cm³/mol. The Morgan fingerprint density at radius 2 is 2.15 bits per heavy atom. The van der Waals surface area contributed by atoms with Gasteiger partial charge in [-0.2, -0.15) is 18.4 Å². The van der Waals surface area contributed by atoms with Crippen molar-refractivity contribution in [3.05, 3.63) is 29.8 Å². The molecule has 10 heteroatoms. The zero-order valence-electron chi connectivity index (χ0n) is 13.6. The van der Waals surface area contributed by atoms with Gasteiger partial charge in [0.15, 0.2) is 0 Å². The van der Waals surface area contributed by atoms with E-state index in [0.29, 0.717) is 29.8 Å². The van der Waals surface area contributed by atoms with Crippen LogP contribution in [0.1, 0.15) is 18.4 Å². The lowest BCUT2D eigenvalue weighted by Crippen LogP contribution is -2.39. The lowest BCUT2D eigenvalue weighted by Gasteiger charge is -2.34. The highest BCUT2D eigenvalue weighted by Gasteiger charge is 2.29. The van der Waals surface area contributed by atoms with Gasteiger partial charge in [0.2, 0.25) is 0 Å². The van der Waals surface area contributed by atoms with Crippen molar-refractivity contribution in [3.8, 4) is 6.07 Å². The van der Waals surface area contributed by atoms with Crippen LogP contribution in [-0.4, -0.2) is 35.1 Å². The highest BCUT2D eigenvalue weighted by Crippen LogP contribution is 2.30. The van der Waals surface area contributed by atoms with Crippen molar-refractivity contribution < 1.29 is 17.6 Å². The number of aromatic nitrogens is 2. The minimum Gasteiger partial charge on any atom is -0.356 e. The Morgan fingerprint density at radius 1 is 1.35 bits per heavy atom. The topological polar surface area (TPSA) is 64.8 Å². The fraction of sp³-hybridized carbons (Fsp3) is 0.438. The van der Waals surface area contributed by atoms with E-state index in [-0.39, 0.29) is 30.0 Å². The van der Waals surface area contributed by atoms with Crippen LogP contribution in [0.3, 0.4) is 0 Å². The number of piperidine rings is 1. The molecule has 1 unspecified atom stereocenters. The van der Waals surface area contributed by atoms with Gasteiger partial charge >= 0.3 is 5.51 Å². The summed E-state index contributed by atoms with van der Waals surface area (Å²) in [5, 5.41) is 9.43. The van der Waals surface area contributed by atoms with E-state index in [2.05, 4.69) is 14.7 Å². The molecule has 0 saturated carbocycles. The molecule has 0 radical (unpaired) electrons. The highest BCUT2D eigenvalue weighted by atomic mass is 32.2. The van der Waals surface area contributed by atoms with E-state index in [1.165, 1.54) is 18.5 Å². The van der Waals surface area contributed by atoms with Crippen LogP contribution in [0, 0.1) is 23.1 Å². The first-order valence-electron chi connectivity index (χ1n) is 7.94. The second kappa shape index (κ2) is 7.63. The highest BCUT2D eigenvalue weighted by molar-refractivity contribution is 7.98. The molecule has 2 aromatic rings. The lowest BCUT2D eigenvalue weighted by molar-refractivity contribution is -0.0336. The molecule has 1 aliphatic rings. The maximum Gasteiger partial charge on any atom is 0.456 e. The fourth-order valence-corrected chi connectivity index (χ4v) is 3.55. The molecule has 3 rings (SSSR count). The summed E-state index contributed by atoms with van der Waals surface area (Å²) < 4.78 is 53.1. The molecule has 1 N–H and O–H groups in total. The zero-order valence-corrected chi connectivity index (χ0v) is 14.4. The van der Waals surface area contributed by atoms with E-state index in [9.17, 15) is 17.6 Å². The largest absolute Gasteiger partial charge is 0.456 e.